The fraction of sp³-hybridized carbons (Fsp3) is 0.412. The van der Waals surface area contributed by atoms with Crippen molar-refractivity contribution in [3.8, 4) is 0 Å². The molecule has 0 atom stereocenters. The van der Waals surface area contributed by atoms with Crippen molar-refractivity contribution < 1.29 is 13.2 Å². The normalized spacial score (nSPS) is 16.4. The second-order valence-corrected chi connectivity index (χ2v) is 5.96. The van der Waals surface area contributed by atoms with Crippen LogP contribution in [0, 0.1) is 6.92 Å². The molecule has 7 heteroatoms. The Morgan fingerprint density at radius 1 is 1.00 bits per heavy atom. The highest BCUT2D eigenvalue weighted by Gasteiger charge is 2.30. The quantitative estimate of drug-likeness (QED) is 0.862. The summed E-state index contributed by atoms with van der Waals surface area (Å²) < 4.78 is 37.7. The van der Waals surface area contributed by atoms with Crippen LogP contribution in [0.1, 0.15) is 16.8 Å². The van der Waals surface area contributed by atoms with Crippen molar-refractivity contribution in [2.45, 2.75) is 19.6 Å². The Bertz CT molecular complexity index is 677. The van der Waals surface area contributed by atoms with Crippen LogP contribution in [0.15, 0.2) is 36.5 Å². The van der Waals surface area contributed by atoms with E-state index in [-0.39, 0.29) is 0 Å². The molecular formula is C17H19F3N4. The molecule has 0 saturated carbocycles. The average molecular weight is 336 g/mol. The summed E-state index contributed by atoms with van der Waals surface area (Å²) in [7, 11) is 0. The van der Waals surface area contributed by atoms with Crippen molar-refractivity contribution >= 4 is 5.95 Å². The maximum Gasteiger partial charge on any atom is 0.416 e. The van der Waals surface area contributed by atoms with Crippen LogP contribution < -0.4 is 4.90 Å². The van der Waals surface area contributed by atoms with E-state index >= 15 is 0 Å². The lowest BCUT2D eigenvalue weighted by atomic mass is 10.1. The summed E-state index contributed by atoms with van der Waals surface area (Å²) in [6.45, 7) is 5.87. The molecule has 1 aromatic carbocycles. The second kappa shape index (κ2) is 6.76. The first-order chi connectivity index (χ1) is 11.4. The number of halogens is 3. The number of nitrogens with zero attached hydrogens (tertiary/aromatic N) is 4. The molecule has 1 aliphatic heterocycles. The number of hydrogen-bond donors (Lipinski definition) is 0. The van der Waals surface area contributed by atoms with Gasteiger partial charge >= 0.3 is 6.18 Å². The minimum Gasteiger partial charge on any atom is -0.338 e. The van der Waals surface area contributed by atoms with E-state index in [2.05, 4.69) is 19.8 Å². The van der Waals surface area contributed by atoms with Gasteiger partial charge in [-0.15, -0.1) is 0 Å². The Morgan fingerprint density at radius 2 is 1.67 bits per heavy atom. The molecule has 24 heavy (non-hydrogen) atoms. The van der Waals surface area contributed by atoms with E-state index < -0.39 is 11.7 Å². The largest absolute Gasteiger partial charge is 0.416 e. The molecule has 0 radical (unpaired) electrons. The maximum atomic E-state index is 12.6. The minimum absolute atomic E-state index is 0.604. The summed E-state index contributed by atoms with van der Waals surface area (Å²) in [5.74, 6) is 0.740. The van der Waals surface area contributed by atoms with Gasteiger partial charge in [0.25, 0.3) is 0 Å². The van der Waals surface area contributed by atoms with Crippen LogP contribution >= 0.6 is 0 Å². The molecule has 3 rings (SSSR count). The van der Waals surface area contributed by atoms with Crippen molar-refractivity contribution in [2.75, 3.05) is 31.1 Å². The summed E-state index contributed by atoms with van der Waals surface area (Å²) in [6.07, 6.45) is -2.52. The summed E-state index contributed by atoms with van der Waals surface area (Å²) >= 11 is 0. The van der Waals surface area contributed by atoms with Gasteiger partial charge in [0.15, 0.2) is 0 Å². The fourth-order valence-corrected chi connectivity index (χ4v) is 2.75. The Kier molecular flexibility index (Phi) is 4.71. The molecule has 0 N–H and O–H groups in total. The summed E-state index contributed by atoms with van der Waals surface area (Å²) in [5, 5.41) is 0. The van der Waals surface area contributed by atoms with E-state index in [0.717, 1.165) is 55.5 Å². The third-order valence-corrected chi connectivity index (χ3v) is 4.12. The van der Waals surface area contributed by atoms with Gasteiger partial charge in [0, 0.05) is 44.6 Å². The Morgan fingerprint density at radius 3 is 2.25 bits per heavy atom. The van der Waals surface area contributed by atoms with E-state index in [1.165, 1.54) is 0 Å². The van der Waals surface area contributed by atoms with Crippen LogP contribution in [0.25, 0.3) is 0 Å². The van der Waals surface area contributed by atoms with Crippen molar-refractivity contribution in [3.63, 3.8) is 0 Å². The van der Waals surface area contributed by atoms with Crippen LogP contribution in [0.5, 0.6) is 0 Å². The molecule has 1 fully saturated rings. The van der Waals surface area contributed by atoms with Crippen molar-refractivity contribution in [2.24, 2.45) is 0 Å². The molecule has 0 unspecified atom stereocenters. The molecule has 0 spiro atoms. The van der Waals surface area contributed by atoms with Gasteiger partial charge in [-0.1, -0.05) is 12.1 Å². The lowest BCUT2D eigenvalue weighted by Crippen LogP contribution is -2.46. The van der Waals surface area contributed by atoms with E-state index in [9.17, 15) is 13.2 Å². The molecule has 128 valence electrons. The summed E-state index contributed by atoms with van der Waals surface area (Å²) in [6, 6.07) is 7.26. The third kappa shape index (κ3) is 4.03. The third-order valence-electron chi connectivity index (χ3n) is 4.12. The zero-order chi connectivity index (χ0) is 17.2. The van der Waals surface area contributed by atoms with Gasteiger partial charge < -0.3 is 4.90 Å². The van der Waals surface area contributed by atoms with E-state index in [4.69, 9.17) is 0 Å². The molecule has 0 amide bonds. The van der Waals surface area contributed by atoms with Gasteiger partial charge in [-0.05, 0) is 30.7 Å². The van der Waals surface area contributed by atoms with Gasteiger partial charge in [0.2, 0.25) is 5.95 Å². The number of anilines is 1. The van der Waals surface area contributed by atoms with Crippen molar-refractivity contribution in [1.29, 1.82) is 0 Å². The highest BCUT2D eigenvalue weighted by atomic mass is 19.4. The monoisotopic (exact) mass is 336 g/mol. The van der Waals surface area contributed by atoms with Gasteiger partial charge in [-0.3, -0.25) is 4.90 Å². The number of aryl methyl sites for hydroxylation is 1. The smallest absolute Gasteiger partial charge is 0.338 e. The first-order valence-electron chi connectivity index (χ1n) is 7.85. The molecule has 0 bridgehead atoms. The molecule has 4 nitrogen and oxygen atoms in total. The molecular weight excluding hydrogens is 317 g/mol. The van der Waals surface area contributed by atoms with Crippen LogP contribution in [0.3, 0.4) is 0 Å². The second-order valence-electron chi connectivity index (χ2n) is 5.96. The average Bonchev–Trinajstić information content (AvgIpc) is 2.55. The molecule has 2 heterocycles. The molecule has 1 aliphatic rings. The van der Waals surface area contributed by atoms with Crippen LogP contribution in [0.4, 0.5) is 19.1 Å². The Balaban J connectivity index is 1.55. The SMILES string of the molecule is Cc1ccnc(N2CCN(Cc3ccc(C(F)(F)F)cc3)CC2)n1. The van der Waals surface area contributed by atoms with Crippen LogP contribution in [0.2, 0.25) is 0 Å². The van der Waals surface area contributed by atoms with E-state index in [1.807, 2.05) is 13.0 Å². The molecule has 1 aromatic heterocycles. The number of piperazine rings is 1. The number of aromatic nitrogens is 2. The topological polar surface area (TPSA) is 32.3 Å². The summed E-state index contributed by atoms with van der Waals surface area (Å²) in [5.41, 5.74) is 1.23. The van der Waals surface area contributed by atoms with Crippen molar-refractivity contribution in [1.82, 2.24) is 14.9 Å². The number of benzene rings is 1. The molecule has 2 aromatic rings. The summed E-state index contributed by atoms with van der Waals surface area (Å²) in [4.78, 5) is 13.1. The first kappa shape index (κ1) is 16.7. The highest BCUT2D eigenvalue weighted by molar-refractivity contribution is 5.31. The maximum absolute atomic E-state index is 12.6. The van der Waals surface area contributed by atoms with Crippen LogP contribution in [-0.4, -0.2) is 41.0 Å². The number of rotatable bonds is 3. The zero-order valence-electron chi connectivity index (χ0n) is 13.4. The van der Waals surface area contributed by atoms with Crippen LogP contribution in [-0.2, 0) is 12.7 Å². The molecule has 0 aliphatic carbocycles. The first-order valence-corrected chi connectivity index (χ1v) is 7.85. The van der Waals surface area contributed by atoms with Gasteiger partial charge in [-0.25, -0.2) is 9.97 Å². The van der Waals surface area contributed by atoms with Gasteiger partial charge in [-0.2, -0.15) is 13.2 Å². The van der Waals surface area contributed by atoms with Crippen molar-refractivity contribution in [3.05, 3.63) is 53.3 Å². The predicted octanol–water partition coefficient (Wildman–Crippen LogP) is 3.13. The Hall–Kier alpha value is -2.15. The van der Waals surface area contributed by atoms with Gasteiger partial charge in [0.05, 0.1) is 5.56 Å². The zero-order valence-corrected chi connectivity index (χ0v) is 13.4. The minimum atomic E-state index is -4.28. The van der Waals surface area contributed by atoms with Gasteiger partial charge in [0.1, 0.15) is 0 Å². The van der Waals surface area contributed by atoms with E-state index in [0.29, 0.717) is 6.54 Å². The standard InChI is InChI=1S/C17H19F3N4/c1-13-6-7-21-16(22-13)24-10-8-23(9-11-24)12-14-2-4-15(5-3-14)17(18,19)20/h2-7H,8-12H2,1H3. The fourth-order valence-electron chi connectivity index (χ4n) is 2.75. The Labute approximate surface area is 138 Å². The lowest BCUT2D eigenvalue weighted by molar-refractivity contribution is -0.137. The number of alkyl halides is 3. The molecule has 1 saturated heterocycles. The number of hydrogen-bond acceptors (Lipinski definition) is 4. The lowest BCUT2D eigenvalue weighted by Gasteiger charge is -2.34. The highest BCUT2D eigenvalue weighted by Crippen LogP contribution is 2.29. The van der Waals surface area contributed by atoms with E-state index in [1.54, 1.807) is 18.3 Å². The predicted molar refractivity (Wildman–Crippen MR) is 85.7 cm³/mol.